The van der Waals surface area contributed by atoms with Gasteiger partial charge in [-0.1, -0.05) is 18.2 Å². The quantitative estimate of drug-likeness (QED) is 0.691. The Hall–Kier alpha value is -3.08. The van der Waals surface area contributed by atoms with Crippen molar-refractivity contribution in [1.82, 2.24) is 4.98 Å². The molecule has 5 nitrogen and oxygen atoms in total. The number of aromatic amines is 1. The molecule has 0 spiro atoms. The van der Waals surface area contributed by atoms with E-state index in [1.165, 1.54) is 12.1 Å². The van der Waals surface area contributed by atoms with Crippen LogP contribution in [-0.4, -0.2) is 22.0 Å². The van der Waals surface area contributed by atoms with Gasteiger partial charge in [-0.25, -0.2) is 4.79 Å². The zero-order valence-corrected chi connectivity index (χ0v) is 11.7. The largest absolute Gasteiger partial charge is 0.478 e. The van der Waals surface area contributed by atoms with E-state index in [0.29, 0.717) is 5.69 Å². The predicted molar refractivity (Wildman–Crippen MR) is 84.0 cm³/mol. The van der Waals surface area contributed by atoms with Gasteiger partial charge in [-0.3, -0.25) is 4.79 Å². The van der Waals surface area contributed by atoms with Gasteiger partial charge in [0.15, 0.2) is 0 Å². The van der Waals surface area contributed by atoms with Crippen LogP contribution in [-0.2, 0) is 11.2 Å². The van der Waals surface area contributed by atoms with Gasteiger partial charge in [-0.05, 0) is 35.9 Å². The fraction of sp³-hybridized carbons (Fsp3) is 0.0588. The fourth-order valence-corrected chi connectivity index (χ4v) is 2.35. The summed E-state index contributed by atoms with van der Waals surface area (Å²) in [4.78, 5) is 26.0. The van der Waals surface area contributed by atoms with Crippen molar-refractivity contribution in [3.63, 3.8) is 0 Å². The van der Waals surface area contributed by atoms with Gasteiger partial charge in [0.1, 0.15) is 0 Å². The number of carboxylic acid groups (broad SMARTS) is 1. The van der Waals surface area contributed by atoms with Gasteiger partial charge in [0.05, 0.1) is 12.0 Å². The minimum Gasteiger partial charge on any atom is -0.478 e. The van der Waals surface area contributed by atoms with Crippen LogP contribution >= 0.6 is 0 Å². The highest BCUT2D eigenvalue weighted by Gasteiger charge is 2.09. The number of carbonyl (C=O) groups excluding carboxylic acids is 1. The van der Waals surface area contributed by atoms with Gasteiger partial charge in [-0.15, -0.1) is 0 Å². The average Bonchev–Trinajstić information content (AvgIpc) is 2.91. The van der Waals surface area contributed by atoms with Crippen molar-refractivity contribution in [2.45, 2.75) is 6.42 Å². The molecule has 3 aromatic rings. The molecule has 0 saturated heterocycles. The number of aromatic carboxylic acids is 1. The lowest BCUT2D eigenvalue weighted by Gasteiger charge is -2.05. The van der Waals surface area contributed by atoms with Crippen LogP contribution in [0.1, 0.15) is 15.9 Å². The maximum Gasteiger partial charge on any atom is 0.335 e. The second-order valence-corrected chi connectivity index (χ2v) is 4.97. The van der Waals surface area contributed by atoms with Crippen molar-refractivity contribution in [3.05, 3.63) is 65.9 Å². The van der Waals surface area contributed by atoms with Crippen LogP contribution in [0.2, 0.25) is 0 Å². The number of para-hydroxylation sites is 1. The summed E-state index contributed by atoms with van der Waals surface area (Å²) in [6, 6.07) is 13.9. The smallest absolute Gasteiger partial charge is 0.335 e. The summed E-state index contributed by atoms with van der Waals surface area (Å²) in [6.45, 7) is 0. The first-order chi connectivity index (χ1) is 10.6. The van der Waals surface area contributed by atoms with Gasteiger partial charge in [0.25, 0.3) is 0 Å². The second-order valence-electron chi connectivity index (χ2n) is 4.97. The number of benzene rings is 2. The molecule has 110 valence electrons. The van der Waals surface area contributed by atoms with E-state index in [9.17, 15) is 9.59 Å². The number of H-pyrrole nitrogens is 1. The molecule has 2 aromatic carbocycles. The molecule has 1 aromatic heterocycles. The van der Waals surface area contributed by atoms with E-state index < -0.39 is 5.97 Å². The number of anilines is 1. The summed E-state index contributed by atoms with van der Waals surface area (Å²) in [5, 5.41) is 12.6. The molecule has 0 aliphatic heterocycles. The number of nitrogens with one attached hydrogen (secondary N) is 2. The van der Waals surface area contributed by atoms with E-state index in [0.717, 1.165) is 16.5 Å². The van der Waals surface area contributed by atoms with Crippen molar-refractivity contribution in [3.8, 4) is 0 Å². The molecule has 0 fully saturated rings. The van der Waals surface area contributed by atoms with E-state index >= 15 is 0 Å². The summed E-state index contributed by atoms with van der Waals surface area (Å²) in [5.74, 6) is -1.13. The van der Waals surface area contributed by atoms with Crippen LogP contribution in [0.5, 0.6) is 0 Å². The first-order valence-electron chi connectivity index (χ1n) is 6.82. The summed E-state index contributed by atoms with van der Waals surface area (Å²) < 4.78 is 0. The molecular formula is C17H14N2O3. The number of carboxylic acids is 1. The topological polar surface area (TPSA) is 82.2 Å². The van der Waals surface area contributed by atoms with Gasteiger partial charge < -0.3 is 15.4 Å². The molecule has 0 atom stereocenters. The lowest BCUT2D eigenvalue weighted by atomic mass is 10.1. The van der Waals surface area contributed by atoms with Crippen LogP contribution < -0.4 is 5.32 Å². The maximum absolute atomic E-state index is 12.1. The van der Waals surface area contributed by atoms with Crippen LogP contribution in [0.4, 0.5) is 5.69 Å². The van der Waals surface area contributed by atoms with Gasteiger partial charge in [-0.2, -0.15) is 0 Å². The van der Waals surface area contributed by atoms with E-state index in [2.05, 4.69) is 10.3 Å². The summed E-state index contributed by atoms with van der Waals surface area (Å²) in [7, 11) is 0. The number of aromatic nitrogens is 1. The highest BCUT2D eigenvalue weighted by Crippen LogP contribution is 2.18. The van der Waals surface area contributed by atoms with Gasteiger partial charge in [0.2, 0.25) is 5.91 Å². The van der Waals surface area contributed by atoms with E-state index in [1.54, 1.807) is 12.1 Å². The molecule has 1 heterocycles. The molecule has 3 rings (SSSR count). The molecule has 1 amide bonds. The lowest BCUT2D eigenvalue weighted by Crippen LogP contribution is -2.14. The van der Waals surface area contributed by atoms with Gasteiger partial charge in [0, 0.05) is 22.8 Å². The van der Waals surface area contributed by atoms with Crippen LogP contribution in [0, 0.1) is 0 Å². The van der Waals surface area contributed by atoms with Crippen molar-refractivity contribution < 1.29 is 14.7 Å². The van der Waals surface area contributed by atoms with Crippen molar-refractivity contribution in [1.29, 1.82) is 0 Å². The van der Waals surface area contributed by atoms with Crippen molar-refractivity contribution >= 4 is 28.5 Å². The van der Waals surface area contributed by atoms with E-state index in [4.69, 9.17) is 5.11 Å². The number of hydrogen-bond donors (Lipinski definition) is 3. The Morgan fingerprint density at radius 2 is 1.77 bits per heavy atom. The first kappa shape index (κ1) is 13.9. The maximum atomic E-state index is 12.1. The van der Waals surface area contributed by atoms with E-state index in [-0.39, 0.29) is 17.9 Å². The SMILES string of the molecule is O=C(Cc1c[nH]c2ccccc12)Nc1ccc(C(=O)O)cc1. The average molecular weight is 294 g/mol. The molecule has 0 aliphatic rings. The zero-order valence-electron chi connectivity index (χ0n) is 11.7. The summed E-state index contributed by atoms with van der Waals surface area (Å²) in [6.07, 6.45) is 2.09. The Bertz CT molecular complexity index is 834. The van der Waals surface area contributed by atoms with Crippen LogP contribution in [0.3, 0.4) is 0 Å². The van der Waals surface area contributed by atoms with Crippen LogP contribution in [0.15, 0.2) is 54.7 Å². The Morgan fingerprint density at radius 1 is 1.05 bits per heavy atom. The number of hydrogen-bond acceptors (Lipinski definition) is 2. The molecule has 3 N–H and O–H groups in total. The molecule has 22 heavy (non-hydrogen) atoms. The Labute approximate surface area is 126 Å². The number of carbonyl (C=O) groups is 2. The van der Waals surface area contributed by atoms with Crippen molar-refractivity contribution in [2.24, 2.45) is 0 Å². The first-order valence-corrected chi connectivity index (χ1v) is 6.82. The van der Waals surface area contributed by atoms with Gasteiger partial charge >= 0.3 is 5.97 Å². The molecule has 0 bridgehead atoms. The minimum atomic E-state index is -0.989. The highest BCUT2D eigenvalue weighted by atomic mass is 16.4. The minimum absolute atomic E-state index is 0.146. The molecule has 5 heteroatoms. The molecule has 0 aliphatic carbocycles. The third-order valence-corrected chi connectivity index (χ3v) is 3.44. The fourth-order valence-electron chi connectivity index (χ4n) is 2.35. The standard InChI is InChI=1S/C17H14N2O3/c20-16(19-13-7-5-11(6-8-13)17(21)22)9-12-10-18-15-4-2-1-3-14(12)15/h1-8,10,18H,9H2,(H,19,20)(H,21,22). The summed E-state index contributed by atoms with van der Waals surface area (Å²) >= 11 is 0. The predicted octanol–water partition coefficient (Wildman–Crippen LogP) is 3.05. The Kier molecular flexibility index (Phi) is 3.62. The highest BCUT2D eigenvalue weighted by molar-refractivity contribution is 5.96. The Morgan fingerprint density at radius 3 is 2.50 bits per heavy atom. The molecule has 0 unspecified atom stereocenters. The Balaban J connectivity index is 1.71. The lowest BCUT2D eigenvalue weighted by molar-refractivity contribution is -0.115. The summed E-state index contributed by atoms with van der Waals surface area (Å²) in [5.41, 5.74) is 2.69. The second kappa shape index (κ2) is 5.73. The van der Waals surface area contributed by atoms with Crippen molar-refractivity contribution in [2.75, 3.05) is 5.32 Å². The normalized spacial score (nSPS) is 10.5. The third kappa shape index (κ3) is 2.83. The molecule has 0 radical (unpaired) electrons. The zero-order chi connectivity index (χ0) is 15.5. The monoisotopic (exact) mass is 294 g/mol. The molecular weight excluding hydrogens is 280 g/mol. The van der Waals surface area contributed by atoms with Crippen LogP contribution in [0.25, 0.3) is 10.9 Å². The third-order valence-electron chi connectivity index (χ3n) is 3.44. The molecule has 0 saturated carbocycles. The number of fused-ring (bicyclic) bond motifs is 1. The number of amides is 1. The van der Waals surface area contributed by atoms with E-state index in [1.807, 2.05) is 30.5 Å². The number of rotatable bonds is 4.